The third-order valence-electron chi connectivity index (χ3n) is 4.34. The van der Waals surface area contributed by atoms with Crippen LogP contribution in [0.25, 0.3) is 0 Å². The summed E-state index contributed by atoms with van der Waals surface area (Å²) in [6.07, 6.45) is 7.33. The zero-order valence-corrected chi connectivity index (χ0v) is 13.2. The van der Waals surface area contributed by atoms with Gasteiger partial charge in [-0.05, 0) is 30.5 Å². The molecule has 1 N–H and O–H groups in total. The Labute approximate surface area is 116 Å². The van der Waals surface area contributed by atoms with Crippen LogP contribution < -0.4 is 0 Å². The van der Waals surface area contributed by atoms with Crippen molar-refractivity contribution in [2.45, 2.75) is 71.8 Å². The van der Waals surface area contributed by atoms with E-state index in [1.54, 1.807) is 0 Å². The lowest BCUT2D eigenvalue weighted by Crippen LogP contribution is -2.33. The molecule has 1 atom stereocenters. The number of nitrogens with zero attached hydrogens (tertiary/aromatic N) is 1. The summed E-state index contributed by atoms with van der Waals surface area (Å²) in [5, 5.41) is 0. The second-order valence-corrected chi connectivity index (χ2v) is 7.74. The van der Waals surface area contributed by atoms with E-state index in [2.05, 4.69) is 50.4 Å². The van der Waals surface area contributed by atoms with Crippen LogP contribution in [0.2, 0.25) is 0 Å². The first-order valence-electron chi connectivity index (χ1n) is 7.04. The van der Waals surface area contributed by atoms with Crippen LogP contribution >= 0.6 is 12.2 Å². The molecule has 1 heterocycles. The fourth-order valence-corrected chi connectivity index (χ4v) is 3.50. The molecule has 0 aliphatic heterocycles. The smallest absolute Gasteiger partial charge is 0.177 e. The molecule has 1 fully saturated rings. The van der Waals surface area contributed by atoms with E-state index < -0.39 is 0 Å². The standard InChI is InChI=1S/C15H26N2S/c1-14(2,3)12-10-16-13(18)17(12)11-8-6-7-9-15(11,4)5/h10-11H,6-9H2,1-5H3,(H,16,18). The first kappa shape index (κ1) is 13.9. The summed E-state index contributed by atoms with van der Waals surface area (Å²) in [5.74, 6) is 0. The number of nitrogens with one attached hydrogen (secondary N) is 1. The van der Waals surface area contributed by atoms with Gasteiger partial charge in [-0.1, -0.05) is 47.5 Å². The topological polar surface area (TPSA) is 20.7 Å². The van der Waals surface area contributed by atoms with Crippen molar-refractivity contribution in [1.82, 2.24) is 9.55 Å². The molecule has 3 heteroatoms. The molecule has 2 rings (SSSR count). The Morgan fingerprint density at radius 2 is 2.00 bits per heavy atom. The highest BCUT2D eigenvalue weighted by Gasteiger charge is 2.36. The molecule has 0 aromatic carbocycles. The zero-order valence-electron chi connectivity index (χ0n) is 12.3. The molecule has 1 unspecified atom stereocenters. The average molecular weight is 266 g/mol. The van der Waals surface area contributed by atoms with Gasteiger partial charge < -0.3 is 9.55 Å². The Kier molecular flexibility index (Phi) is 3.48. The van der Waals surface area contributed by atoms with Gasteiger partial charge in [0.25, 0.3) is 0 Å². The van der Waals surface area contributed by atoms with Gasteiger partial charge in [0.05, 0.1) is 0 Å². The van der Waals surface area contributed by atoms with Crippen molar-refractivity contribution in [2.75, 3.05) is 0 Å². The number of H-pyrrole nitrogens is 1. The minimum atomic E-state index is 0.140. The number of imidazole rings is 1. The summed E-state index contributed by atoms with van der Waals surface area (Å²) in [5.41, 5.74) is 1.83. The van der Waals surface area contributed by atoms with E-state index in [1.165, 1.54) is 31.4 Å². The molecule has 0 bridgehead atoms. The van der Waals surface area contributed by atoms with Crippen molar-refractivity contribution in [3.63, 3.8) is 0 Å². The quantitative estimate of drug-likeness (QED) is 0.711. The maximum Gasteiger partial charge on any atom is 0.177 e. The summed E-state index contributed by atoms with van der Waals surface area (Å²) < 4.78 is 3.29. The van der Waals surface area contributed by atoms with Crippen molar-refractivity contribution in [2.24, 2.45) is 5.41 Å². The third kappa shape index (κ3) is 2.42. The van der Waals surface area contributed by atoms with Gasteiger partial charge in [0.15, 0.2) is 4.77 Å². The highest BCUT2D eigenvalue weighted by Crippen LogP contribution is 2.45. The highest BCUT2D eigenvalue weighted by molar-refractivity contribution is 7.71. The van der Waals surface area contributed by atoms with E-state index in [-0.39, 0.29) is 5.41 Å². The van der Waals surface area contributed by atoms with Gasteiger partial charge in [0.1, 0.15) is 0 Å². The molecule has 0 saturated heterocycles. The molecule has 0 radical (unpaired) electrons. The number of rotatable bonds is 1. The summed E-state index contributed by atoms with van der Waals surface area (Å²) in [6.45, 7) is 11.6. The minimum absolute atomic E-state index is 0.140. The molecule has 1 aromatic rings. The van der Waals surface area contributed by atoms with Crippen molar-refractivity contribution in [3.8, 4) is 0 Å². The van der Waals surface area contributed by atoms with Gasteiger partial charge in [-0.3, -0.25) is 0 Å². The van der Waals surface area contributed by atoms with Gasteiger partial charge in [0.2, 0.25) is 0 Å². The Morgan fingerprint density at radius 1 is 1.33 bits per heavy atom. The second-order valence-electron chi connectivity index (χ2n) is 7.35. The van der Waals surface area contributed by atoms with E-state index in [0.29, 0.717) is 11.5 Å². The van der Waals surface area contributed by atoms with Crippen LogP contribution in [0.15, 0.2) is 6.20 Å². The summed E-state index contributed by atoms with van der Waals surface area (Å²) in [7, 11) is 0. The zero-order chi connectivity index (χ0) is 13.6. The average Bonchev–Trinajstić information content (AvgIpc) is 2.59. The van der Waals surface area contributed by atoms with Gasteiger partial charge in [-0.25, -0.2) is 0 Å². The van der Waals surface area contributed by atoms with Gasteiger partial charge in [0, 0.05) is 23.3 Å². The predicted octanol–water partition coefficient (Wildman–Crippen LogP) is 4.98. The van der Waals surface area contributed by atoms with Crippen LogP contribution in [-0.4, -0.2) is 9.55 Å². The van der Waals surface area contributed by atoms with E-state index in [0.717, 1.165) is 4.77 Å². The fourth-order valence-electron chi connectivity index (χ4n) is 3.22. The van der Waals surface area contributed by atoms with E-state index in [1.807, 2.05) is 0 Å². The maximum absolute atomic E-state index is 5.53. The molecule has 0 spiro atoms. The fraction of sp³-hybridized carbons (Fsp3) is 0.800. The largest absolute Gasteiger partial charge is 0.337 e. The monoisotopic (exact) mass is 266 g/mol. The van der Waals surface area contributed by atoms with Crippen LogP contribution in [0.5, 0.6) is 0 Å². The van der Waals surface area contributed by atoms with Crippen molar-refractivity contribution < 1.29 is 0 Å². The first-order valence-corrected chi connectivity index (χ1v) is 7.45. The summed E-state index contributed by atoms with van der Waals surface area (Å²) >= 11 is 5.53. The lowest BCUT2D eigenvalue weighted by Gasteiger charge is -2.41. The normalized spacial score (nSPS) is 24.2. The predicted molar refractivity (Wildman–Crippen MR) is 79.6 cm³/mol. The number of aromatic amines is 1. The molecule has 1 saturated carbocycles. The van der Waals surface area contributed by atoms with Crippen LogP contribution in [0.1, 0.15) is 72.0 Å². The first-order chi connectivity index (χ1) is 8.23. The highest BCUT2D eigenvalue weighted by atomic mass is 32.1. The van der Waals surface area contributed by atoms with Crippen molar-refractivity contribution >= 4 is 12.2 Å². The van der Waals surface area contributed by atoms with Gasteiger partial charge in [-0.15, -0.1) is 0 Å². The number of hydrogen-bond donors (Lipinski definition) is 1. The molecule has 0 amide bonds. The van der Waals surface area contributed by atoms with E-state index in [4.69, 9.17) is 12.2 Å². The summed E-state index contributed by atoms with van der Waals surface area (Å²) in [6, 6.07) is 0.541. The number of hydrogen-bond acceptors (Lipinski definition) is 1. The van der Waals surface area contributed by atoms with E-state index >= 15 is 0 Å². The molecule has 1 aromatic heterocycles. The second kappa shape index (κ2) is 4.52. The molecule has 1 aliphatic rings. The van der Waals surface area contributed by atoms with Gasteiger partial charge >= 0.3 is 0 Å². The number of aromatic nitrogens is 2. The Hall–Kier alpha value is -0.570. The summed E-state index contributed by atoms with van der Waals surface area (Å²) in [4.78, 5) is 3.26. The third-order valence-corrected chi connectivity index (χ3v) is 4.66. The van der Waals surface area contributed by atoms with E-state index in [9.17, 15) is 0 Å². The molecule has 2 nitrogen and oxygen atoms in total. The van der Waals surface area contributed by atoms with Crippen LogP contribution in [0.4, 0.5) is 0 Å². The molecular formula is C15H26N2S. The Balaban J connectivity index is 2.50. The minimum Gasteiger partial charge on any atom is -0.337 e. The molecule has 102 valence electrons. The van der Waals surface area contributed by atoms with Crippen molar-refractivity contribution in [3.05, 3.63) is 16.7 Å². The van der Waals surface area contributed by atoms with Crippen LogP contribution in [-0.2, 0) is 5.41 Å². The van der Waals surface area contributed by atoms with Crippen LogP contribution in [0, 0.1) is 10.2 Å². The Morgan fingerprint density at radius 3 is 2.56 bits per heavy atom. The maximum atomic E-state index is 5.53. The van der Waals surface area contributed by atoms with Gasteiger partial charge in [-0.2, -0.15) is 0 Å². The molecule has 1 aliphatic carbocycles. The SMILES string of the molecule is CC(C)(C)c1c[nH]c(=S)n1C1CCCCC1(C)C. The van der Waals surface area contributed by atoms with Crippen molar-refractivity contribution in [1.29, 1.82) is 0 Å². The lowest BCUT2D eigenvalue weighted by molar-refractivity contribution is 0.137. The Bertz CT molecular complexity index is 473. The molecule has 18 heavy (non-hydrogen) atoms. The lowest BCUT2D eigenvalue weighted by atomic mass is 9.72. The molecular weight excluding hydrogens is 240 g/mol. The van der Waals surface area contributed by atoms with Crippen LogP contribution in [0.3, 0.4) is 0 Å².